The van der Waals surface area contributed by atoms with E-state index >= 15 is 0 Å². The topological polar surface area (TPSA) is 81.1 Å². The Labute approximate surface area is 180 Å². The van der Waals surface area contributed by atoms with Crippen LogP contribution in [-0.4, -0.2) is 20.4 Å². The summed E-state index contributed by atoms with van der Waals surface area (Å²) in [6, 6.07) is 19.1. The molecular weight excluding hydrogens is 390 g/mol. The first-order valence-corrected chi connectivity index (χ1v) is 9.90. The number of aromatic nitrogens is 3. The molecule has 2 aromatic carbocycles. The molecule has 7 heteroatoms. The number of hydroxylamine groups is 1. The maximum Gasteiger partial charge on any atom is 0.276 e. The minimum atomic E-state index is -0.305. The number of rotatable bonds is 8. The third kappa shape index (κ3) is 5.15. The van der Waals surface area contributed by atoms with Gasteiger partial charge in [0.15, 0.2) is 0 Å². The van der Waals surface area contributed by atoms with Crippen molar-refractivity contribution in [2.24, 2.45) is 7.05 Å². The van der Waals surface area contributed by atoms with Crippen LogP contribution in [0, 0.1) is 0 Å². The average molecular weight is 413 g/mol. The Balaban J connectivity index is 1.36. The number of nitrogens with one attached hydrogen (secondary N) is 2. The van der Waals surface area contributed by atoms with Gasteiger partial charge in [0.25, 0.3) is 5.91 Å². The lowest BCUT2D eigenvalue weighted by Crippen LogP contribution is -2.24. The van der Waals surface area contributed by atoms with Crippen molar-refractivity contribution >= 4 is 11.6 Å². The second-order valence-electron chi connectivity index (χ2n) is 7.06. The molecule has 0 spiro atoms. The highest BCUT2D eigenvalue weighted by atomic mass is 16.6. The number of para-hydroxylation sites is 1. The highest BCUT2D eigenvalue weighted by Gasteiger charge is 2.11. The van der Waals surface area contributed by atoms with E-state index in [0.29, 0.717) is 12.1 Å². The summed E-state index contributed by atoms with van der Waals surface area (Å²) in [4.78, 5) is 26.3. The molecule has 2 aromatic heterocycles. The first kappa shape index (κ1) is 20.3. The molecule has 0 radical (unpaired) electrons. The summed E-state index contributed by atoms with van der Waals surface area (Å²) in [5, 5.41) is 3.29. The number of amides is 1. The molecule has 0 unspecified atom stereocenters. The molecule has 0 saturated heterocycles. The van der Waals surface area contributed by atoms with E-state index in [0.717, 1.165) is 28.1 Å². The summed E-state index contributed by atoms with van der Waals surface area (Å²) in [6.45, 7) is 0.846. The van der Waals surface area contributed by atoms with Crippen LogP contribution in [0.5, 0.6) is 0 Å². The lowest BCUT2D eigenvalue weighted by atomic mass is 10.1. The number of hydrogen-bond donors (Lipinski definition) is 2. The van der Waals surface area contributed by atoms with Gasteiger partial charge < -0.3 is 9.88 Å². The Hall–Kier alpha value is -3.97. The maximum atomic E-state index is 12.7. The van der Waals surface area contributed by atoms with Crippen LogP contribution in [0.4, 0.5) is 5.69 Å². The van der Waals surface area contributed by atoms with Gasteiger partial charge in [-0.25, -0.2) is 10.5 Å². The van der Waals surface area contributed by atoms with Crippen molar-refractivity contribution in [3.8, 4) is 11.3 Å². The second-order valence-corrected chi connectivity index (χ2v) is 7.06. The van der Waals surface area contributed by atoms with Gasteiger partial charge in [-0.1, -0.05) is 30.3 Å². The number of pyridine rings is 1. The van der Waals surface area contributed by atoms with Crippen LogP contribution in [0.1, 0.15) is 21.5 Å². The minimum absolute atomic E-state index is 0.254. The molecule has 0 aliphatic carbocycles. The lowest BCUT2D eigenvalue weighted by molar-refractivity contribution is 0.0234. The van der Waals surface area contributed by atoms with Gasteiger partial charge >= 0.3 is 0 Å². The number of anilines is 1. The van der Waals surface area contributed by atoms with Crippen molar-refractivity contribution in [1.29, 1.82) is 0 Å². The van der Waals surface area contributed by atoms with E-state index in [1.54, 1.807) is 24.8 Å². The molecule has 0 aliphatic rings. The number of benzene rings is 2. The Morgan fingerprint density at radius 3 is 2.65 bits per heavy atom. The summed E-state index contributed by atoms with van der Waals surface area (Å²) in [5.74, 6) is -0.305. The normalized spacial score (nSPS) is 10.6. The fourth-order valence-corrected chi connectivity index (χ4v) is 3.23. The Bertz CT molecular complexity index is 1160. The molecule has 0 bridgehead atoms. The third-order valence-corrected chi connectivity index (χ3v) is 4.85. The molecule has 0 atom stereocenters. The molecule has 0 fully saturated rings. The largest absolute Gasteiger partial charge is 0.380 e. The van der Waals surface area contributed by atoms with Gasteiger partial charge in [0, 0.05) is 37.2 Å². The van der Waals surface area contributed by atoms with Crippen molar-refractivity contribution in [3.63, 3.8) is 0 Å². The number of imidazole rings is 1. The van der Waals surface area contributed by atoms with Crippen LogP contribution in [0.3, 0.4) is 0 Å². The third-order valence-electron chi connectivity index (χ3n) is 4.85. The van der Waals surface area contributed by atoms with Crippen LogP contribution >= 0.6 is 0 Å². The van der Waals surface area contributed by atoms with Crippen molar-refractivity contribution in [2.75, 3.05) is 5.32 Å². The van der Waals surface area contributed by atoms with Crippen molar-refractivity contribution in [2.45, 2.75) is 13.2 Å². The average Bonchev–Trinajstić information content (AvgIpc) is 3.24. The smallest absolute Gasteiger partial charge is 0.276 e. The summed E-state index contributed by atoms with van der Waals surface area (Å²) < 4.78 is 1.96. The van der Waals surface area contributed by atoms with Crippen molar-refractivity contribution in [3.05, 3.63) is 102 Å². The molecular formula is C24H23N5O2. The van der Waals surface area contributed by atoms with Gasteiger partial charge in [-0.05, 0) is 41.5 Å². The van der Waals surface area contributed by atoms with Crippen LogP contribution < -0.4 is 10.8 Å². The van der Waals surface area contributed by atoms with E-state index in [1.165, 1.54) is 0 Å². The zero-order valence-corrected chi connectivity index (χ0v) is 17.2. The van der Waals surface area contributed by atoms with E-state index in [2.05, 4.69) is 20.8 Å². The highest BCUT2D eigenvalue weighted by molar-refractivity contribution is 5.99. The molecule has 4 aromatic rings. The van der Waals surface area contributed by atoms with Gasteiger partial charge in [0.05, 0.1) is 30.4 Å². The molecule has 0 saturated carbocycles. The van der Waals surface area contributed by atoms with E-state index in [1.807, 2.05) is 72.4 Å². The SMILES string of the molecule is Cn1cncc1-c1cccc(CONC(=O)c2ccccc2NCc2ccncc2)c1. The second kappa shape index (κ2) is 9.69. The monoisotopic (exact) mass is 413 g/mol. The van der Waals surface area contributed by atoms with E-state index < -0.39 is 0 Å². The predicted molar refractivity (Wildman–Crippen MR) is 119 cm³/mol. The summed E-state index contributed by atoms with van der Waals surface area (Å²) in [7, 11) is 1.95. The number of carbonyl (C=O) groups is 1. The van der Waals surface area contributed by atoms with Crippen molar-refractivity contribution in [1.82, 2.24) is 20.0 Å². The lowest BCUT2D eigenvalue weighted by Gasteiger charge is -2.12. The number of hydrogen-bond acceptors (Lipinski definition) is 5. The van der Waals surface area contributed by atoms with Gasteiger partial charge in [0.1, 0.15) is 0 Å². The van der Waals surface area contributed by atoms with Crippen LogP contribution in [-0.2, 0) is 25.0 Å². The standard InChI is InChI=1S/C24H23N5O2/c1-29-17-26-15-23(29)20-6-4-5-19(13-20)16-31-28-24(30)21-7-2-3-8-22(21)27-14-18-9-11-25-12-10-18/h2-13,15,17,27H,14,16H2,1H3,(H,28,30). The molecule has 4 rings (SSSR count). The number of nitrogens with zero attached hydrogens (tertiary/aromatic N) is 3. The van der Waals surface area contributed by atoms with E-state index in [4.69, 9.17) is 4.84 Å². The first-order valence-electron chi connectivity index (χ1n) is 9.90. The van der Waals surface area contributed by atoms with E-state index in [-0.39, 0.29) is 12.5 Å². The molecule has 2 heterocycles. The van der Waals surface area contributed by atoms with Gasteiger partial charge in [-0.15, -0.1) is 0 Å². The van der Waals surface area contributed by atoms with Crippen molar-refractivity contribution < 1.29 is 9.63 Å². The molecule has 31 heavy (non-hydrogen) atoms. The quantitative estimate of drug-likeness (QED) is 0.428. The fraction of sp³-hybridized carbons (Fsp3) is 0.125. The Kier molecular flexibility index (Phi) is 6.35. The zero-order chi connectivity index (χ0) is 21.5. The maximum absolute atomic E-state index is 12.7. The highest BCUT2D eigenvalue weighted by Crippen LogP contribution is 2.20. The molecule has 0 aliphatic heterocycles. The molecule has 1 amide bonds. The first-order chi connectivity index (χ1) is 15.2. The number of carbonyl (C=O) groups excluding carboxylic acids is 1. The van der Waals surface area contributed by atoms with Crippen LogP contribution in [0.25, 0.3) is 11.3 Å². The fourth-order valence-electron chi connectivity index (χ4n) is 3.23. The Morgan fingerprint density at radius 1 is 1.00 bits per heavy atom. The summed E-state index contributed by atoms with van der Waals surface area (Å²) >= 11 is 0. The van der Waals surface area contributed by atoms with Gasteiger partial charge in [0.2, 0.25) is 0 Å². The van der Waals surface area contributed by atoms with Crippen LogP contribution in [0.15, 0.2) is 85.6 Å². The Morgan fingerprint density at radius 2 is 1.84 bits per heavy atom. The van der Waals surface area contributed by atoms with E-state index in [9.17, 15) is 4.79 Å². The van der Waals surface area contributed by atoms with Gasteiger partial charge in [-0.3, -0.25) is 14.6 Å². The zero-order valence-electron chi connectivity index (χ0n) is 17.2. The van der Waals surface area contributed by atoms with Gasteiger partial charge in [-0.2, -0.15) is 0 Å². The summed E-state index contributed by atoms with van der Waals surface area (Å²) in [5.41, 5.74) is 7.87. The molecule has 2 N–H and O–H groups in total. The number of aryl methyl sites for hydroxylation is 1. The van der Waals surface area contributed by atoms with Crippen LogP contribution in [0.2, 0.25) is 0 Å². The molecule has 156 valence electrons. The summed E-state index contributed by atoms with van der Waals surface area (Å²) in [6.07, 6.45) is 7.07. The predicted octanol–water partition coefficient (Wildman–Crippen LogP) is 3.96. The minimum Gasteiger partial charge on any atom is -0.380 e. The molecule has 7 nitrogen and oxygen atoms in total.